The summed E-state index contributed by atoms with van der Waals surface area (Å²) < 4.78 is 23.8. The average Bonchev–Trinajstić information content (AvgIpc) is 3.99. The summed E-state index contributed by atoms with van der Waals surface area (Å²) in [6.07, 6.45) is 12.2. The Hall–Kier alpha value is -2.64. The van der Waals surface area contributed by atoms with Crippen LogP contribution in [0.4, 0.5) is 0 Å². The number of carbonyl (C=O) groups excluding carboxylic acids is 2. The number of aliphatic hydroxyl groups excluding tert-OH is 2. The van der Waals surface area contributed by atoms with E-state index in [1.165, 1.54) is 4.90 Å². The van der Waals surface area contributed by atoms with E-state index < -0.39 is 0 Å². The van der Waals surface area contributed by atoms with E-state index in [1.54, 1.807) is 42.0 Å². The molecule has 16 heteroatoms. The number of rotatable bonds is 7. The molecule has 0 saturated carbocycles. The summed E-state index contributed by atoms with van der Waals surface area (Å²) in [6, 6.07) is 7.85. The highest BCUT2D eigenvalue weighted by Gasteiger charge is 2.26. The zero-order valence-electron chi connectivity index (χ0n) is 39.9. The van der Waals surface area contributed by atoms with E-state index in [2.05, 4.69) is 147 Å². The van der Waals surface area contributed by atoms with Crippen molar-refractivity contribution >= 4 is 68.0 Å². The molecule has 0 aromatic carbocycles. The minimum atomic E-state index is -0.252. The molecule has 6 heterocycles. The number of aromatic nitrogens is 4. The average molecular weight is 1050 g/mol. The van der Waals surface area contributed by atoms with Crippen molar-refractivity contribution in [1.29, 1.82) is 0 Å². The fraction of sp³-hybridized carbons (Fsp3) is 0.542. The summed E-state index contributed by atoms with van der Waals surface area (Å²) in [7, 11) is 0. The normalized spacial score (nSPS) is 14.5. The zero-order valence-corrected chi connectivity index (χ0v) is 44.7. The fourth-order valence-corrected chi connectivity index (χ4v) is 9.39. The Labute approximate surface area is 406 Å². The Balaban J connectivity index is 0.000000286. The number of hydrogen-bond acceptors (Lipinski definition) is 14. The van der Waals surface area contributed by atoms with Gasteiger partial charge in [-0.1, -0.05) is 83.1 Å². The van der Waals surface area contributed by atoms with Crippen LogP contribution in [0.5, 0.6) is 0 Å². The van der Waals surface area contributed by atoms with Gasteiger partial charge in [0.25, 0.3) is 0 Å². The quantitative estimate of drug-likeness (QED) is 0.133. The topological polar surface area (TPSA) is 163 Å². The maximum atomic E-state index is 10.6. The van der Waals surface area contributed by atoms with Crippen LogP contribution in [0.3, 0.4) is 0 Å². The molecule has 0 atom stereocenters. The first-order valence-corrected chi connectivity index (χ1v) is 24.9. The lowest BCUT2D eigenvalue weighted by Crippen LogP contribution is -2.15. The Bertz CT molecular complexity index is 2070. The number of carbonyl (C=O) groups is 2. The van der Waals surface area contributed by atoms with Crippen LogP contribution >= 0.6 is 55.4 Å². The van der Waals surface area contributed by atoms with E-state index in [9.17, 15) is 9.59 Å². The molecule has 2 aliphatic heterocycles. The van der Waals surface area contributed by atoms with Crippen LogP contribution in [-0.2, 0) is 40.6 Å². The van der Waals surface area contributed by atoms with Crippen molar-refractivity contribution in [2.45, 2.75) is 127 Å². The molecule has 4 aromatic rings. The molecule has 2 fully saturated rings. The van der Waals surface area contributed by atoms with E-state index in [0.29, 0.717) is 37.6 Å². The van der Waals surface area contributed by atoms with Gasteiger partial charge in [-0.05, 0) is 68.6 Å². The Morgan fingerprint density at radius 3 is 1.17 bits per heavy atom. The monoisotopic (exact) mass is 1050 g/mol. The molecule has 6 rings (SSSR count). The summed E-state index contributed by atoms with van der Waals surface area (Å²) in [4.78, 5) is 41.0. The molecule has 0 amide bonds. The van der Waals surface area contributed by atoms with Gasteiger partial charge in [0, 0.05) is 87.4 Å². The summed E-state index contributed by atoms with van der Waals surface area (Å²) in [5.74, 6) is 0. The number of aldehydes is 2. The minimum Gasteiger partial charge on any atom is -0.394 e. The minimum absolute atomic E-state index is 0.000246. The Morgan fingerprint density at radius 2 is 0.844 bits per heavy atom. The van der Waals surface area contributed by atoms with Crippen molar-refractivity contribution in [3.63, 3.8) is 0 Å². The molecule has 64 heavy (non-hydrogen) atoms. The van der Waals surface area contributed by atoms with Crippen LogP contribution in [-0.4, -0.2) is 94.9 Å². The van der Waals surface area contributed by atoms with Crippen molar-refractivity contribution in [1.82, 2.24) is 19.9 Å². The predicted molar refractivity (Wildman–Crippen MR) is 265 cm³/mol. The van der Waals surface area contributed by atoms with Crippen LogP contribution in [0, 0.1) is 0 Å². The van der Waals surface area contributed by atoms with Crippen LogP contribution in [0.25, 0.3) is 0 Å². The summed E-state index contributed by atoms with van der Waals surface area (Å²) >= 11 is 10.3. The molecule has 4 aromatic heterocycles. The van der Waals surface area contributed by atoms with Crippen LogP contribution < -0.4 is 0 Å². The van der Waals surface area contributed by atoms with Crippen molar-refractivity contribution in [3.05, 3.63) is 103 Å². The predicted octanol–water partition coefficient (Wildman–Crippen LogP) is 11.2. The third-order valence-corrected chi connectivity index (χ3v) is 11.6. The molecular weight excluding hydrogens is 984 g/mol. The van der Waals surface area contributed by atoms with Gasteiger partial charge in [-0.15, -0.1) is 23.5 Å². The van der Waals surface area contributed by atoms with E-state index in [-0.39, 0.29) is 47.5 Å². The van der Waals surface area contributed by atoms with Gasteiger partial charge >= 0.3 is 0 Å². The van der Waals surface area contributed by atoms with E-state index in [1.807, 2.05) is 30.8 Å². The second-order valence-electron chi connectivity index (χ2n) is 18.7. The molecule has 0 spiro atoms. The number of pyridine rings is 4. The number of halogens is 2. The third-order valence-electron chi connectivity index (χ3n) is 8.91. The third kappa shape index (κ3) is 18.6. The van der Waals surface area contributed by atoms with Crippen molar-refractivity contribution < 1.29 is 38.7 Å². The van der Waals surface area contributed by atoms with Crippen LogP contribution in [0.15, 0.2) is 67.8 Å². The van der Waals surface area contributed by atoms with Gasteiger partial charge in [0.15, 0.2) is 25.2 Å². The lowest BCUT2D eigenvalue weighted by atomic mass is 9.91. The Kier molecular flexibility index (Phi) is 23.9. The SMILES string of the molecule is CC(C)(C)c1ncc(C2OCCO2)cc1Br.CC(C)(C)c1ncc(C=O)cc1Br.CSc1cc(C2OCCO2)cnc1C(C)(C)C.CSc1cc(C=O)cnc1C(C)(C)C.OCCO. The largest absolute Gasteiger partial charge is 0.394 e. The number of thioether (sulfide) groups is 2. The first-order chi connectivity index (χ1) is 29.9. The number of nitrogens with zero attached hydrogens (tertiary/aromatic N) is 4. The molecule has 2 saturated heterocycles. The fourth-order valence-electron chi connectivity index (χ4n) is 5.85. The van der Waals surface area contributed by atoms with Gasteiger partial charge < -0.3 is 29.2 Å². The molecule has 0 aliphatic carbocycles. The lowest BCUT2D eigenvalue weighted by molar-refractivity contribution is -0.0446. The van der Waals surface area contributed by atoms with Crippen LogP contribution in [0.2, 0.25) is 0 Å². The van der Waals surface area contributed by atoms with Gasteiger partial charge in [0.2, 0.25) is 0 Å². The van der Waals surface area contributed by atoms with Gasteiger partial charge in [-0.3, -0.25) is 29.5 Å². The standard InChI is InChI=1S/C13H19NO2S.C12H16BrNO2.C11H15NOS.C10H12BrNO.C2H6O2/c1-13(2,3)11-10(17-4)7-9(8-14-11)12-15-5-6-16-12;1-12(2,3)10-9(13)6-8(7-14-10)11-15-4-5-16-11;1-11(2,3)10-9(14-4)5-8(7-13)6-12-10;1-10(2,3)9-8(11)4-7(6-13)5-12-9;3-1-2-4/h7-8,12H,5-6H2,1-4H3;6-7,11H,4-5H2,1-3H3;5-7H,1-4H3;4-6H,1-3H3;3-4H,1-2H2. The molecule has 12 nitrogen and oxygen atoms in total. The molecule has 2 N–H and O–H groups in total. The maximum Gasteiger partial charge on any atom is 0.185 e. The second kappa shape index (κ2) is 26.6. The summed E-state index contributed by atoms with van der Waals surface area (Å²) in [6.45, 7) is 28.0. The highest BCUT2D eigenvalue weighted by Crippen LogP contribution is 2.35. The van der Waals surface area contributed by atoms with Crippen molar-refractivity contribution in [2.75, 3.05) is 52.2 Å². The van der Waals surface area contributed by atoms with E-state index >= 15 is 0 Å². The lowest BCUT2D eigenvalue weighted by Gasteiger charge is -2.22. The van der Waals surface area contributed by atoms with Crippen molar-refractivity contribution in [3.8, 4) is 0 Å². The molecule has 0 bridgehead atoms. The molecular formula is C48H68Br2N4O8S2. The Morgan fingerprint density at radius 1 is 0.531 bits per heavy atom. The van der Waals surface area contributed by atoms with Crippen molar-refractivity contribution in [2.24, 2.45) is 0 Å². The maximum absolute atomic E-state index is 10.6. The number of ether oxygens (including phenoxy) is 4. The molecule has 2 aliphatic rings. The number of aliphatic hydroxyl groups is 2. The van der Waals surface area contributed by atoms with Crippen LogP contribution in [0.1, 0.15) is 150 Å². The smallest absolute Gasteiger partial charge is 0.185 e. The highest BCUT2D eigenvalue weighted by molar-refractivity contribution is 9.10. The first-order valence-electron chi connectivity index (χ1n) is 20.9. The van der Waals surface area contributed by atoms with Gasteiger partial charge in [-0.2, -0.15) is 0 Å². The van der Waals surface area contributed by atoms with Gasteiger partial charge in [-0.25, -0.2) is 0 Å². The van der Waals surface area contributed by atoms with Gasteiger partial charge in [0.05, 0.1) is 62.4 Å². The second-order valence-corrected chi connectivity index (χ2v) is 22.1. The first kappa shape index (κ1) is 57.5. The summed E-state index contributed by atoms with van der Waals surface area (Å²) in [5.41, 5.74) is 7.55. The van der Waals surface area contributed by atoms with E-state index in [4.69, 9.17) is 29.2 Å². The number of hydrogen-bond donors (Lipinski definition) is 2. The molecule has 0 unspecified atom stereocenters. The molecule has 354 valence electrons. The summed E-state index contributed by atoms with van der Waals surface area (Å²) in [5, 5.41) is 15.2. The van der Waals surface area contributed by atoms with E-state index in [0.717, 1.165) is 60.3 Å². The molecule has 0 radical (unpaired) electrons. The highest BCUT2D eigenvalue weighted by atomic mass is 79.9. The van der Waals surface area contributed by atoms with Gasteiger partial charge in [0.1, 0.15) is 0 Å². The zero-order chi connectivity index (χ0) is 48.5.